The maximum absolute atomic E-state index is 11.9. The van der Waals surface area contributed by atoms with Crippen LogP contribution in [0.5, 0.6) is 0 Å². The Bertz CT molecular complexity index is 537. The highest BCUT2D eigenvalue weighted by Crippen LogP contribution is 2.10. The molecule has 0 aromatic heterocycles. The Kier molecular flexibility index (Phi) is 8.47. The molecule has 0 radical (unpaired) electrons. The van der Waals surface area contributed by atoms with Crippen molar-refractivity contribution in [2.24, 2.45) is 0 Å². The quantitative estimate of drug-likeness (QED) is 0.453. The van der Waals surface area contributed by atoms with E-state index >= 15 is 0 Å². The summed E-state index contributed by atoms with van der Waals surface area (Å²) in [6.45, 7) is 2.39. The molecule has 120 valence electrons. The molecule has 1 aromatic carbocycles. The molecule has 0 saturated heterocycles. The first-order chi connectivity index (χ1) is 10.5. The zero-order valence-corrected chi connectivity index (χ0v) is 13.9. The van der Waals surface area contributed by atoms with Crippen LogP contribution in [0.25, 0.3) is 0 Å². The first-order valence-electron chi connectivity index (χ1n) is 7.03. The molecule has 0 atom stereocenters. The average molecular weight is 343 g/mol. The summed E-state index contributed by atoms with van der Waals surface area (Å²) in [5, 5.41) is 5.63. The monoisotopic (exact) mass is 342 g/mol. The van der Waals surface area contributed by atoms with Crippen LogP contribution in [-0.2, 0) is 9.53 Å². The Morgan fingerprint density at radius 3 is 2.77 bits per heavy atom. The standard InChI is InChI=1S/C15H19ClN2O3S/c1-2-3-4-8-21-13(19)10-17-15(22)18-14(20)11-6-5-7-12(16)9-11/h5-7,9H,2-4,8,10H2,1H3,(H2,17,18,20,22). The highest BCUT2D eigenvalue weighted by atomic mass is 35.5. The largest absolute Gasteiger partial charge is 0.464 e. The molecule has 0 heterocycles. The van der Waals surface area contributed by atoms with Crippen LogP contribution >= 0.6 is 23.8 Å². The Morgan fingerprint density at radius 1 is 1.32 bits per heavy atom. The highest BCUT2D eigenvalue weighted by Gasteiger charge is 2.09. The van der Waals surface area contributed by atoms with Crippen LogP contribution in [0.15, 0.2) is 24.3 Å². The average Bonchev–Trinajstić information content (AvgIpc) is 2.49. The van der Waals surface area contributed by atoms with Gasteiger partial charge in [0, 0.05) is 10.6 Å². The van der Waals surface area contributed by atoms with Crippen LogP contribution in [0.2, 0.25) is 5.02 Å². The van der Waals surface area contributed by atoms with E-state index in [-0.39, 0.29) is 11.7 Å². The Morgan fingerprint density at radius 2 is 2.09 bits per heavy atom. The minimum atomic E-state index is -0.407. The lowest BCUT2D eigenvalue weighted by Crippen LogP contribution is -2.41. The normalized spacial score (nSPS) is 9.91. The predicted molar refractivity (Wildman–Crippen MR) is 90.0 cm³/mol. The smallest absolute Gasteiger partial charge is 0.325 e. The number of rotatable bonds is 7. The van der Waals surface area contributed by atoms with Crippen LogP contribution < -0.4 is 10.6 Å². The van der Waals surface area contributed by atoms with Crippen molar-refractivity contribution in [2.45, 2.75) is 26.2 Å². The topological polar surface area (TPSA) is 67.4 Å². The van der Waals surface area contributed by atoms with Crippen molar-refractivity contribution in [3.63, 3.8) is 0 Å². The maximum Gasteiger partial charge on any atom is 0.325 e. The molecule has 5 nitrogen and oxygen atoms in total. The summed E-state index contributed by atoms with van der Waals surface area (Å²) >= 11 is 10.8. The zero-order valence-electron chi connectivity index (χ0n) is 12.4. The van der Waals surface area contributed by atoms with Gasteiger partial charge in [-0.1, -0.05) is 37.4 Å². The minimum absolute atomic E-state index is 0.0653. The van der Waals surface area contributed by atoms with Gasteiger partial charge in [-0.15, -0.1) is 0 Å². The summed E-state index contributed by atoms with van der Waals surface area (Å²) in [5.74, 6) is -0.799. The summed E-state index contributed by atoms with van der Waals surface area (Å²) in [4.78, 5) is 23.3. The van der Waals surface area contributed by atoms with Crippen molar-refractivity contribution >= 4 is 40.8 Å². The molecule has 0 unspecified atom stereocenters. The second-order valence-electron chi connectivity index (χ2n) is 4.57. The summed E-state index contributed by atoms with van der Waals surface area (Å²) in [6.07, 6.45) is 2.93. The fourth-order valence-electron chi connectivity index (χ4n) is 1.59. The van der Waals surface area contributed by atoms with Gasteiger partial charge in [0.25, 0.3) is 5.91 Å². The van der Waals surface area contributed by atoms with Crippen molar-refractivity contribution in [1.29, 1.82) is 0 Å². The van der Waals surface area contributed by atoms with Gasteiger partial charge in [-0.05, 0) is 36.8 Å². The van der Waals surface area contributed by atoms with E-state index in [9.17, 15) is 9.59 Å². The number of unbranched alkanes of at least 4 members (excludes halogenated alkanes) is 2. The number of ether oxygens (including phenoxy) is 1. The third-order valence-corrected chi connectivity index (χ3v) is 3.20. The van der Waals surface area contributed by atoms with Crippen LogP contribution in [0, 0.1) is 0 Å². The van der Waals surface area contributed by atoms with Crippen molar-refractivity contribution in [3.8, 4) is 0 Å². The van der Waals surface area contributed by atoms with Gasteiger partial charge in [0.15, 0.2) is 5.11 Å². The van der Waals surface area contributed by atoms with E-state index in [4.69, 9.17) is 28.6 Å². The van der Waals surface area contributed by atoms with Gasteiger partial charge >= 0.3 is 5.97 Å². The number of amides is 1. The Labute approximate surface area is 140 Å². The Hall–Kier alpha value is -1.66. The van der Waals surface area contributed by atoms with Crippen LogP contribution in [0.1, 0.15) is 36.5 Å². The molecule has 0 saturated carbocycles. The molecule has 0 aliphatic carbocycles. The molecule has 2 N–H and O–H groups in total. The number of esters is 1. The van der Waals surface area contributed by atoms with Crippen LogP contribution in [0.3, 0.4) is 0 Å². The molecule has 22 heavy (non-hydrogen) atoms. The van der Waals surface area contributed by atoms with Crippen molar-refractivity contribution in [2.75, 3.05) is 13.2 Å². The molecule has 0 spiro atoms. The van der Waals surface area contributed by atoms with E-state index in [1.165, 1.54) is 6.07 Å². The van der Waals surface area contributed by atoms with Gasteiger partial charge in [0.1, 0.15) is 6.54 Å². The van der Waals surface area contributed by atoms with E-state index in [1.807, 2.05) is 0 Å². The lowest BCUT2D eigenvalue weighted by molar-refractivity contribution is -0.142. The van der Waals surface area contributed by atoms with E-state index < -0.39 is 11.9 Å². The second-order valence-corrected chi connectivity index (χ2v) is 5.42. The minimum Gasteiger partial charge on any atom is -0.464 e. The lowest BCUT2D eigenvalue weighted by Gasteiger charge is -2.09. The number of hydrogen-bond donors (Lipinski definition) is 2. The molecule has 7 heteroatoms. The number of halogens is 1. The third kappa shape index (κ3) is 7.38. The van der Waals surface area contributed by atoms with Gasteiger partial charge in [0.05, 0.1) is 6.61 Å². The molecule has 0 fully saturated rings. The molecule has 1 aromatic rings. The predicted octanol–water partition coefficient (Wildman–Crippen LogP) is 2.68. The number of nitrogens with one attached hydrogen (secondary N) is 2. The van der Waals surface area contributed by atoms with Gasteiger partial charge < -0.3 is 10.1 Å². The molecule has 0 aliphatic heterocycles. The molecule has 1 rings (SSSR count). The number of carbonyl (C=O) groups is 2. The van der Waals surface area contributed by atoms with Crippen LogP contribution in [-0.4, -0.2) is 30.1 Å². The zero-order chi connectivity index (χ0) is 16.4. The maximum atomic E-state index is 11.9. The van der Waals surface area contributed by atoms with E-state index in [0.717, 1.165) is 19.3 Å². The number of thiocarbonyl (C=S) groups is 1. The molecule has 1 amide bonds. The molecular formula is C15H19ClN2O3S. The first kappa shape index (κ1) is 18.4. The van der Waals surface area contributed by atoms with Gasteiger partial charge in [0.2, 0.25) is 0 Å². The fraction of sp³-hybridized carbons (Fsp3) is 0.400. The Balaban J connectivity index is 2.28. The second kappa shape index (κ2) is 10.1. The number of carbonyl (C=O) groups excluding carboxylic acids is 2. The van der Waals surface area contributed by atoms with Crippen LogP contribution in [0.4, 0.5) is 0 Å². The third-order valence-electron chi connectivity index (χ3n) is 2.72. The number of benzene rings is 1. The summed E-state index contributed by atoms with van der Waals surface area (Å²) < 4.78 is 5.01. The summed E-state index contributed by atoms with van der Waals surface area (Å²) in [7, 11) is 0. The SMILES string of the molecule is CCCCCOC(=O)CNC(=S)NC(=O)c1cccc(Cl)c1. The molecular weight excluding hydrogens is 324 g/mol. The van der Waals surface area contributed by atoms with E-state index in [2.05, 4.69) is 17.6 Å². The molecule has 0 aliphatic rings. The first-order valence-corrected chi connectivity index (χ1v) is 7.82. The van der Waals surface area contributed by atoms with Crippen molar-refractivity contribution < 1.29 is 14.3 Å². The summed E-state index contributed by atoms with van der Waals surface area (Å²) in [6, 6.07) is 6.48. The molecule has 0 bridgehead atoms. The van der Waals surface area contributed by atoms with E-state index in [1.54, 1.807) is 18.2 Å². The van der Waals surface area contributed by atoms with Gasteiger partial charge in [-0.2, -0.15) is 0 Å². The summed E-state index contributed by atoms with van der Waals surface area (Å²) in [5.41, 5.74) is 0.388. The van der Waals surface area contributed by atoms with Gasteiger partial charge in [-0.3, -0.25) is 14.9 Å². The lowest BCUT2D eigenvalue weighted by atomic mass is 10.2. The van der Waals surface area contributed by atoms with Crippen molar-refractivity contribution in [1.82, 2.24) is 10.6 Å². The highest BCUT2D eigenvalue weighted by molar-refractivity contribution is 7.80. The fourth-order valence-corrected chi connectivity index (χ4v) is 1.95. The van der Waals surface area contributed by atoms with Gasteiger partial charge in [-0.25, -0.2) is 0 Å². The van der Waals surface area contributed by atoms with E-state index in [0.29, 0.717) is 17.2 Å². The number of hydrogen-bond acceptors (Lipinski definition) is 4. The van der Waals surface area contributed by atoms with Crippen molar-refractivity contribution in [3.05, 3.63) is 34.9 Å².